The fourth-order valence-electron chi connectivity index (χ4n) is 2.53. The molecule has 2 rings (SSSR count). The summed E-state index contributed by atoms with van der Waals surface area (Å²) in [6, 6.07) is 3.69. The maximum Gasteiger partial charge on any atom is 0.170 e. The fourth-order valence-corrected chi connectivity index (χ4v) is 2.73. The molecule has 0 unspecified atom stereocenters. The molecule has 3 nitrogen and oxygen atoms in total. The molecule has 1 saturated carbocycles. The highest BCUT2D eigenvalue weighted by molar-refractivity contribution is 7.80. The van der Waals surface area contributed by atoms with Crippen LogP contribution >= 0.6 is 12.2 Å². The number of para-hydroxylation sites is 1. The monoisotopic (exact) mass is 328 g/mol. The molecule has 1 aliphatic carbocycles. The standard InChI is InChI=1S/C16H22F2N2OS/c17-13-8-4-9-14(18)15(13)20-16(22)19-10-5-11-21-12-6-2-1-3-7-12/h4,8-9,12H,1-3,5-7,10-11H2,(H2,19,20,22). The predicted octanol–water partition coefficient (Wildman–Crippen LogP) is 3.99. The molecule has 0 bridgehead atoms. The van der Waals surface area contributed by atoms with Crippen LogP contribution in [0.15, 0.2) is 18.2 Å². The van der Waals surface area contributed by atoms with E-state index in [9.17, 15) is 8.78 Å². The van der Waals surface area contributed by atoms with Gasteiger partial charge >= 0.3 is 0 Å². The molecule has 0 amide bonds. The van der Waals surface area contributed by atoms with Crippen molar-refractivity contribution in [3.63, 3.8) is 0 Å². The second-order valence-corrected chi connectivity index (χ2v) is 5.87. The molecule has 0 radical (unpaired) electrons. The lowest BCUT2D eigenvalue weighted by molar-refractivity contribution is 0.0277. The first kappa shape index (κ1) is 17.1. The van der Waals surface area contributed by atoms with Crippen molar-refractivity contribution < 1.29 is 13.5 Å². The van der Waals surface area contributed by atoms with E-state index >= 15 is 0 Å². The first-order valence-corrected chi connectivity index (χ1v) is 8.18. The van der Waals surface area contributed by atoms with Crippen LogP contribution < -0.4 is 10.6 Å². The molecule has 122 valence electrons. The molecule has 1 aromatic rings. The highest BCUT2D eigenvalue weighted by atomic mass is 32.1. The maximum atomic E-state index is 13.4. The topological polar surface area (TPSA) is 33.3 Å². The third-order valence-electron chi connectivity index (χ3n) is 3.71. The number of nitrogens with one attached hydrogen (secondary N) is 2. The largest absolute Gasteiger partial charge is 0.378 e. The van der Waals surface area contributed by atoms with Crippen LogP contribution in [0.1, 0.15) is 38.5 Å². The summed E-state index contributed by atoms with van der Waals surface area (Å²) in [5.74, 6) is -1.32. The fraction of sp³-hybridized carbons (Fsp3) is 0.562. The summed E-state index contributed by atoms with van der Waals surface area (Å²) in [6.07, 6.45) is 7.33. The van der Waals surface area contributed by atoms with E-state index in [-0.39, 0.29) is 10.8 Å². The van der Waals surface area contributed by atoms with Gasteiger partial charge in [0.25, 0.3) is 0 Å². The molecular formula is C16H22F2N2OS. The average molecular weight is 328 g/mol. The molecule has 0 spiro atoms. The number of anilines is 1. The summed E-state index contributed by atoms with van der Waals surface area (Å²) in [5.41, 5.74) is -0.224. The summed E-state index contributed by atoms with van der Waals surface area (Å²) in [7, 11) is 0. The molecule has 1 aliphatic rings. The SMILES string of the molecule is Fc1cccc(F)c1NC(=S)NCCCOC1CCCCC1. The number of rotatable bonds is 6. The zero-order valence-electron chi connectivity index (χ0n) is 12.5. The maximum absolute atomic E-state index is 13.4. The van der Waals surface area contributed by atoms with Crippen LogP contribution in [0.2, 0.25) is 0 Å². The van der Waals surface area contributed by atoms with Crippen molar-refractivity contribution in [2.45, 2.75) is 44.6 Å². The Bertz CT molecular complexity index is 473. The number of hydrogen-bond donors (Lipinski definition) is 2. The molecule has 0 heterocycles. The van der Waals surface area contributed by atoms with Gasteiger partial charge in [-0.3, -0.25) is 0 Å². The summed E-state index contributed by atoms with van der Waals surface area (Å²) in [5, 5.41) is 5.69. The van der Waals surface area contributed by atoms with Crippen molar-refractivity contribution in [2.75, 3.05) is 18.5 Å². The highest BCUT2D eigenvalue weighted by Crippen LogP contribution is 2.20. The van der Waals surface area contributed by atoms with Crippen LogP contribution in [0.25, 0.3) is 0 Å². The van der Waals surface area contributed by atoms with Crippen molar-refractivity contribution in [2.24, 2.45) is 0 Å². The van der Waals surface area contributed by atoms with Gasteiger partial charge in [-0.1, -0.05) is 25.3 Å². The summed E-state index contributed by atoms with van der Waals surface area (Å²) in [4.78, 5) is 0. The number of halogens is 2. The van der Waals surface area contributed by atoms with E-state index in [2.05, 4.69) is 10.6 Å². The molecule has 0 atom stereocenters. The van der Waals surface area contributed by atoms with Crippen LogP contribution in [0.5, 0.6) is 0 Å². The minimum absolute atomic E-state index is 0.210. The number of benzene rings is 1. The zero-order valence-corrected chi connectivity index (χ0v) is 13.4. The molecule has 0 aliphatic heterocycles. The van der Waals surface area contributed by atoms with Crippen LogP contribution in [0, 0.1) is 11.6 Å². The summed E-state index contributed by atoms with van der Waals surface area (Å²) in [6.45, 7) is 1.28. The Kier molecular flexibility index (Phi) is 6.99. The van der Waals surface area contributed by atoms with E-state index in [0.29, 0.717) is 19.3 Å². The van der Waals surface area contributed by atoms with Crippen molar-refractivity contribution >= 4 is 23.0 Å². The van der Waals surface area contributed by atoms with Crippen LogP contribution in [-0.4, -0.2) is 24.4 Å². The number of hydrogen-bond acceptors (Lipinski definition) is 2. The molecule has 1 aromatic carbocycles. The second kappa shape index (κ2) is 9.00. The van der Waals surface area contributed by atoms with Crippen LogP contribution in [-0.2, 0) is 4.74 Å². The highest BCUT2D eigenvalue weighted by Gasteiger charge is 2.13. The Hall–Kier alpha value is -1.27. The van der Waals surface area contributed by atoms with Gasteiger partial charge in [-0.05, 0) is 43.6 Å². The lowest BCUT2D eigenvalue weighted by atomic mass is 9.98. The average Bonchev–Trinajstić information content (AvgIpc) is 2.52. The Morgan fingerprint density at radius 3 is 2.55 bits per heavy atom. The van der Waals surface area contributed by atoms with Gasteiger partial charge in [-0.25, -0.2) is 8.78 Å². The Balaban J connectivity index is 1.61. The number of thiocarbonyl (C=S) groups is 1. The first-order valence-electron chi connectivity index (χ1n) is 7.77. The van der Waals surface area contributed by atoms with Crippen molar-refractivity contribution in [1.29, 1.82) is 0 Å². The van der Waals surface area contributed by atoms with E-state index in [4.69, 9.17) is 17.0 Å². The zero-order chi connectivity index (χ0) is 15.8. The van der Waals surface area contributed by atoms with Crippen LogP contribution in [0.4, 0.5) is 14.5 Å². The third-order valence-corrected chi connectivity index (χ3v) is 3.96. The van der Waals surface area contributed by atoms with E-state index in [0.717, 1.165) is 19.3 Å². The smallest absolute Gasteiger partial charge is 0.170 e. The lowest BCUT2D eigenvalue weighted by Gasteiger charge is -2.22. The molecular weight excluding hydrogens is 306 g/mol. The van der Waals surface area contributed by atoms with Gasteiger partial charge in [0.2, 0.25) is 0 Å². The van der Waals surface area contributed by atoms with E-state index in [1.54, 1.807) is 0 Å². The molecule has 0 saturated heterocycles. The third kappa shape index (κ3) is 5.50. The Morgan fingerprint density at radius 2 is 1.86 bits per heavy atom. The Labute approximate surface area is 135 Å². The lowest BCUT2D eigenvalue weighted by Crippen LogP contribution is -2.31. The molecule has 2 N–H and O–H groups in total. The van der Waals surface area contributed by atoms with E-state index in [1.165, 1.54) is 37.5 Å². The van der Waals surface area contributed by atoms with Gasteiger partial charge in [0.05, 0.1) is 6.10 Å². The quantitative estimate of drug-likeness (QED) is 0.611. The van der Waals surface area contributed by atoms with Gasteiger partial charge in [-0.2, -0.15) is 0 Å². The van der Waals surface area contributed by atoms with Crippen molar-refractivity contribution in [3.8, 4) is 0 Å². The molecule has 6 heteroatoms. The van der Waals surface area contributed by atoms with Gasteiger partial charge in [-0.15, -0.1) is 0 Å². The summed E-state index contributed by atoms with van der Waals surface area (Å²) < 4.78 is 32.7. The Morgan fingerprint density at radius 1 is 1.18 bits per heavy atom. The van der Waals surface area contributed by atoms with Crippen molar-refractivity contribution in [3.05, 3.63) is 29.8 Å². The van der Waals surface area contributed by atoms with Crippen molar-refractivity contribution in [1.82, 2.24) is 5.32 Å². The van der Waals surface area contributed by atoms with Gasteiger partial charge in [0.15, 0.2) is 5.11 Å². The predicted molar refractivity (Wildman–Crippen MR) is 88.0 cm³/mol. The first-order chi connectivity index (χ1) is 10.7. The molecule has 0 aromatic heterocycles. The van der Waals surface area contributed by atoms with E-state index < -0.39 is 11.6 Å². The summed E-state index contributed by atoms with van der Waals surface area (Å²) >= 11 is 5.03. The van der Waals surface area contributed by atoms with Gasteiger partial charge < -0.3 is 15.4 Å². The second-order valence-electron chi connectivity index (χ2n) is 5.46. The number of ether oxygens (including phenoxy) is 1. The molecule has 1 fully saturated rings. The normalized spacial score (nSPS) is 15.5. The van der Waals surface area contributed by atoms with Crippen LogP contribution in [0.3, 0.4) is 0 Å². The van der Waals surface area contributed by atoms with E-state index in [1.807, 2.05) is 0 Å². The molecule has 22 heavy (non-hydrogen) atoms. The van der Waals surface area contributed by atoms with Gasteiger partial charge in [0.1, 0.15) is 17.3 Å². The minimum Gasteiger partial charge on any atom is -0.378 e. The van der Waals surface area contributed by atoms with Gasteiger partial charge in [0, 0.05) is 13.2 Å². The minimum atomic E-state index is -0.662.